The molecule has 1 saturated carbocycles. The second-order valence-corrected chi connectivity index (χ2v) is 10.9. The number of aliphatic hydroxyl groups is 1. The number of anilines is 1. The van der Waals surface area contributed by atoms with Crippen molar-refractivity contribution in [3.05, 3.63) is 96.1 Å². The fraction of sp³-hybridized carbons (Fsp3) is 0.355. The van der Waals surface area contributed by atoms with E-state index in [2.05, 4.69) is 63.6 Å². The summed E-state index contributed by atoms with van der Waals surface area (Å²) in [5.41, 5.74) is 5.21. The Morgan fingerprint density at radius 2 is 1.82 bits per heavy atom. The first-order valence-corrected chi connectivity index (χ1v) is 14.4. The molecule has 0 spiro atoms. The van der Waals surface area contributed by atoms with E-state index in [1.165, 1.54) is 37.7 Å². The van der Waals surface area contributed by atoms with Crippen LogP contribution in [0.3, 0.4) is 0 Å². The van der Waals surface area contributed by atoms with Crippen molar-refractivity contribution in [3.8, 4) is 11.5 Å². The zero-order chi connectivity index (χ0) is 26.0. The zero-order valence-corrected chi connectivity index (χ0v) is 22.5. The van der Waals surface area contributed by atoms with E-state index in [0.29, 0.717) is 12.4 Å². The molecule has 0 amide bonds. The molecule has 2 heterocycles. The van der Waals surface area contributed by atoms with E-state index in [9.17, 15) is 5.11 Å². The van der Waals surface area contributed by atoms with Crippen LogP contribution < -0.4 is 10.0 Å². The number of nitrogens with one attached hydrogen (secondary N) is 2. The van der Waals surface area contributed by atoms with Crippen molar-refractivity contribution in [2.75, 3.05) is 17.8 Å². The van der Waals surface area contributed by atoms with Gasteiger partial charge in [0.2, 0.25) is 5.89 Å². The average molecular weight is 529 g/mol. The maximum atomic E-state index is 10.2. The third-order valence-corrected chi connectivity index (χ3v) is 8.02. The van der Waals surface area contributed by atoms with E-state index in [4.69, 9.17) is 9.40 Å². The van der Waals surface area contributed by atoms with Gasteiger partial charge in [0.1, 0.15) is 6.26 Å². The highest BCUT2D eigenvalue weighted by Gasteiger charge is 2.16. The molecule has 38 heavy (non-hydrogen) atoms. The van der Waals surface area contributed by atoms with Crippen LogP contribution in [-0.4, -0.2) is 28.2 Å². The third kappa shape index (κ3) is 7.69. The second-order valence-electron chi connectivity index (χ2n) is 10.0. The first-order chi connectivity index (χ1) is 18.7. The Bertz CT molecular complexity index is 1240. The van der Waals surface area contributed by atoms with Gasteiger partial charge in [0, 0.05) is 40.6 Å². The highest BCUT2D eigenvalue weighted by molar-refractivity contribution is 8.00. The average Bonchev–Trinajstić information content (AvgIpc) is 3.67. The van der Waals surface area contributed by atoms with Gasteiger partial charge in [-0.1, -0.05) is 43.9 Å². The minimum atomic E-state index is -0.541. The van der Waals surface area contributed by atoms with Crippen molar-refractivity contribution in [2.45, 2.75) is 55.9 Å². The Kier molecular flexibility index (Phi) is 9.48. The number of rotatable bonds is 13. The van der Waals surface area contributed by atoms with Gasteiger partial charge in [-0.25, -0.2) is 4.98 Å². The van der Waals surface area contributed by atoms with Gasteiger partial charge < -0.3 is 19.6 Å². The van der Waals surface area contributed by atoms with Crippen molar-refractivity contribution in [3.63, 3.8) is 0 Å². The van der Waals surface area contributed by atoms with E-state index in [1.807, 2.05) is 18.4 Å². The molecule has 1 unspecified atom stereocenters. The quantitative estimate of drug-likeness (QED) is 0.129. The molecule has 0 radical (unpaired) electrons. The van der Waals surface area contributed by atoms with Gasteiger partial charge in [-0.3, -0.25) is 4.98 Å². The molecule has 1 aliphatic rings. The van der Waals surface area contributed by atoms with Gasteiger partial charge >= 0.3 is 0 Å². The van der Waals surface area contributed by atoms with Crippen LogP contribution in [0.1, 0.15) is 55.0 Å². The largest absolute Gasteiger partial charge is 0.444 e. The fourth-order valence-corrected chi connectivity index (χ4v) is 5.53. The summed E-state index contributed by atoms with van der Waals surface area (Å²) in [7, 11) is 0. The van der Waals surface area contributed by atoms with Gasteiger partial charge in [-0.2, -0.15) is 0 Å². The number of hydrogen-bond donors (Lipinski definition) is 3. The molecule has 5 rings (SSSR count). The van der Waals surface area contributed by atoms with Gasteiger partial charge in [0.15, 0.2) is 0 Å². The van der Waals surface area contributed by atoms with E-state index >= 15 is 0 Å². The molecular formula is C31H36N4O2S. The predicted octanol–water partition coefficient (Wildman–Crippen LogP) is 6.84. The minimum absolute atomic E-state index is 0.512. The number of aliphatic hydroxyl groups excluding tert-OH is 1. The first kappa shape index (κ1) is 26.5. The maximum Gasteiger partial charge on any atom is 0.226 e. The molecule has 7 heteroatoms. The Morgan fingerprint density at radius 1 is 1.00 bits per heavy atom. The molecule has 1 fully saturated rings. The van der Waals surface area contributed by atoms with Gasteiger partial charge in [-0.15, -0.1) is 0 Å². The number of oxazole rings is 1. The van der Waals surface area contributed by atoms with Crippen LogP contribution in [0.25, 0.3) is 11.5 Å². The highest BCUT2D eigenvalue weighted by Crippen LogP contribution is 2.29. The van der Waals surface area contributed by atoms with Crippen molar-refractivity contribution >= 4 is 17.6 Å². The summed E-state index contributed by atoms with van der Waals surface area (Å²) in [6, 6.07) is 20.5. The minimum Gasteiger partial charge on any atom is -0.444 e. The molecule has 2 aromatic heterocycles. The van der Waals surface area contributed by atoms with Crippen molar-refractivity contribution in [2.24, 2.45) is 5.92 Å². The number of aryl methyl sites for hydroxylation is 1. The monoisotopic (exact) mass is 528 g/mol. The summed E-state index contributed by atoms with van der Waals surface area (Å²) in [5.74, 6) is 1.57. The summed E-state index contributed by atoms with van der Waals surface area (Å²) in [4.78, 5) is 9.90. The second kappa shape index (κ2) is 13.6. The molecule has 1 atom stereocenters. The number of hydrogen-bond acceptors (Lipinski definition) is 7. The SMILES string of the molecule is OC(CNCCc1ccc(NSc2ccc(-c3nc(CCC4CCCC4)co3)cc2)cc1)c1cccnc1. The van der Waals surface area contributed by atoms with Crippen LogP contribution in [0, 0.1) is 5.92 Å². The van der Waals surface area contributed by atoms with Gasteiger partial charge in [0.05, 0.1) is 11.8 Å². The lowest BCUT2D eigenvalue weighted by atomic mass is 10.0. The molecular weight excluding hydrogens is 492 g/mol. The summed E-state index contributed by atoms with van der Waals surface area (Å²) < 4.78 is 9.18. The Balaban J connectivity index is 1.02. The van der Waals surface area contributed by atoms with E-state index < -0.39 is 6.10 Å². The van der Waals surface area contributed by atoms with Gasteiger partial charge in [-0.05, 0) is 91.7 Å². The lowest BCUT2D eigenvalue weighted by molar-refractivity contribution is 0.174. The fourth-order valence-electron chi connectivity index (χ4n) is 4.89. The maximum absolute atomic E-state index is 10.2. The lowest BCUT2D eigenvalue weighted by Gasteiger charge is -2.12. The Labute approximate surface area is 229 Å². The number of benzene rings is 2. The summed E-state index contributed by atoms with van der Waals surface area (Å²) >= 11 is 1.59. The molecule has 198 valence electrons. The van der Waals surface area contributed by atoms with Crippen LogP contribution in [0.2, 0.25) is 0 Å². The highest BCUT2D eigenvalue weighted by atomic mass is 32.2. The zero-order valence-electron chi connectivity index (χ0n) is 21.7. The normalized spacial score (nSPS) is 14.6. The van der Waals surface area contributed by atoms with Crippen LogP contribution in [0.4, 0.5) is 5.69 Å². The molecule has 0 saturated heterocycles. The van der Waals surface area contributed by atoms with E-state index in [1.54, 1.807) is 24.3 Å². The van der Waals surface area contributed by atoms with Crippen molar-refractivity contribution in [1.82, 2.24) is 15.3 Å². The lowest BCUT2D eigenvalue weighted by Crippen LogP contribution is -2.23. The van der Waals surface area contributed by atoms with Crippen LogP contribution >= 0.6 is 11.9 Å². The molecule has 0 bridgehead atoms. The standard InChI is InChI=1S/C31H36N4O2S/c36-30(26-6-3-18-32-20-26)21-33-19-17-24-7-12-27(13-8-24)35-38-29-15-10-25(11-16-29)31-34-28(22-37-31)14-9-23-4-1-2-5-23/h3,6-8,10-13,15-16,18,20,22-23,30,33,35-36H,1-2,4-5,9,14,17,19,21H2. The predicted molar refractivity (Wildman–Crippen MR) is 154 cm³/mol. The van der Waals surface area contributed by atoms with Crippen LogP contribution in [0.5, 0.6) is 0 Å². The van der Waals surface area contributed by atoms with E-state index in [0.717, 1.165) is 52.7 Å². The number of pyridine rings is 1. The third-order valence-electron chi connectivity index (χ3n) is 7.17. The summed E-state index contributed by atoms with van der Waals surface area (Å²) in [6.45, 7) is 1.32. The Hall–Kier alpha value is -3.13. The van der Waals surface area contributed by atoms with Crippen LogP contribution in [-0.2, 0) is 12.8 Å². The summed E-state index contributed by atoms with van der Waals surface area (Å²) in [5, 5.41) is 13.5. The van der Waals surface area contributed by atoms with Crippen molar-refractivity contribution in [1.29, 1.82) is 0 Å². The molecule has 0 aliphatic heterocycles. The molecule has 1 aliphatic carbocycles. The van der Waals surface area contributed by atoms with Crippen LogP contribution in [0.15, 0.2) is 88.6 Å². The smallest absolute Gasteiger partial charge is 0.226 e. The molecule has 6 nitrogen and oxygen atoms in total. The molecule has 4 aromatic rings. The molecule has 3 N–H and O–H groups in total. The first-order valence-electron chi connectivity index (χ1n) is 13.6. The van der Waals surface area contributed by atoms with E-state index in [-0.39, 0.29) is 0 Å². The summed E-state index contributed by atoms with van der Waals surface area (Å²) in [6.07, 6.45) is 13.3. The van der Waals surface area contributed by atoms with Gasteiger partial charge in [0.25, 0.3) is 0 Å². The topological polar surface area (TPSA) is 83.2 Å². The molecule has 2 aromatic carbocycles. The van der Waals surface area contributed by atoms with Crippen molar-refractivity contribution < 1.29 is 9.52 Å². The Morgan fingerprint density at radius 3 is 2.58 bits per heavy atom. The number of nitrogens with zero attached hydrogens (tertiary/aromatic N) is 2. The number of aromatic nitrogens is 2.